The molecule has 0 fully saturated rings. The summed E-state index contributed by atoms with van der Waals surface area (Å²) in [4.78, 5) is 2.22. The van der Waals surface area contributed by atoms with Crippen LogP contribution < -0.4 is 4.90 Å². The summed E-state index contributed by atoms with van der Waals surface area (Å²) in [6, 6.07) is 6.03. The zero-order valence-corrected chi connectivity index (χ0v) is 12.7. The highest BCUT2D eigenvalue weighted by Gasteiger charge is 2.13. The molecular formula is C14H22BrNO. The van der Waals surface area contributed by atoms with Gasteiger partial charge in [-0.25, -0.2) is 0 Å². The van der Waals surface area contributed by atoms with Gasteiger partial charge in [0.05, 0.1) is 6.10 Å². The SMILES string of the molecule is CCC(C)CN(C)c1cc(Br)ccc1C(C)O. The van der Waals surface area contributed by atoms with Crippen molar-refractivity contribution in [1.29, 1.82) is 0 Å². The predicted octanol–water partition coefficient (Wildman–Crippen LogP) is 3.98. The van der Waals surface area contributed by atoms with Gasteiger partial charge in [0.2, 0.25) is 0 Å². The van der Waals surface area contributed by atoms with E-state index in [2.05, 4.69) is 47.8 Å². The van der Waals surface area contributed by atoms with Gasteiger partial charge in [-0.3, -0.25) is 0 Å². The van der Waals surface area contributed by atoms with E-state index < -0.39 is 6.10 Å². The van der Waals surface area contributed by atoms with Crippen LogP contribution >= 0.6 is 15.9 Å². The van der Waals surface area contributed by atoms with Crippen LogP contribution in [0.2, 0.25) is 0 Å². The molecule has 2 nitrogen and oxygen atoms in total. The lowest BCUT2D eigenvalue weighted by Crippen LogP contribution is -2.25. The van der Waals surface area contributed by atoms with Crippen molar-refractivity contribution in [2.24, 2.45) is 5.92 Å². The third kappa shape index (κ3) is 4.00. The second-order valence-corrected chi connectivity index (χ2v) is 5.69. The number of anilines is 1. The molecule has 1 N–H and O–H groups in total. The van der Waals surface area contributed by atoms with Crippen LogP contribution in [-0.4, -0.2) is 18.7 Å². The first kappa shape index (κ1) is 14.5. The molecule has 2 atom stereocenters. The molecule has 0 spiro atoms. The molecule has 0 saturated carbocycles. The second-order valence-electron chi connectivity index (χ2n) is 4.77. The Morgan fingerprint density at radius 1 is 1.35 bits per heavy atom. The molecule has 3 heteroatoms. The maximum atomic E-state index is 9.79. The van der Waals surface area contributed by atoms with Gasteiger partial charge in [0.1, 0.15) is 0 Å². The van der Waals surface area contributed by atoms with Crippen molar-refractivity contribution in [3.63, 3.8) is 0 Å². The Labute approximate surface area is 113 Å². The molecule has 17 heavy (non-hydrogen) atoms. The molecule has 0 aromatic heterocycles. The topological polar surface area (TPSA) is 23.5 Å². The maximum Gasteiger partial charge on any atom is 0.0782 e. The normalized spacial score (nSPS) is 14.5. The molecule has 1 aromatic rings. The van der Waals surface area contributed by atoms with Crippen LogP contribution in [-0.2, 0) is 0 Å². The molecule has 1 rings (SSSR count). The highest BCUT2D eigenvalue weighted by Crippen LogP contribution is 2.29. The minimum Gasteiger partial charge on any atom is -0.389 e. The molecule has 0 radical (unpaired) electrons. The van der Waals surface area contributed by atoms with E-state index >= 15 is 0 Å². The highest BCUT2D eigenvalue weighted by atomic mass is 79.9. The number of halogens is 1. The third-order valence-electron chi connectivity index (χ3n) is 3.14. The van der Waals surface area contributed by atoms with Gasteiger partial charge in [-0.2, -0.15) is 0 Å². The lowest BCUT2D eigenvalue weighted by Gasteiger charge is -2.26. The Morgan fingerprint density at radius 2 is 2.00 bits per heavy atom. The molecule has 0 aliphatic rings. The summed E-state index contributed by atoms with van der Waals surface area (Å²) < 4.78 is 1.05. The number of hydrogen-bond donors (Lipinski definition) is 1. The Morgan fingerprint density at radius 3 is 2.53 bits per heavy atom. The van der Waals surface area contributed by atoms with E-state index in [-0.39, 0.29) is 0 Å². The first-order valence-electron chi connectivity index (χ1n) is 6.14. The van der Waals surface area contributed by atoms with E-state index in [1.807, 2.05) is 19.1 Å². The molecule has 96 valence electrons. The largest absolute Gasteiger partial charge is 0.389 e. The van der Waals surface area contributed by atoms with Gasteiger partial charge in [-0.1, -0.05) is 42.3 Å². The Hall–Kier alpha value is -0.540. The van der Waals surface area contributed by atoms with Crippen molar-refractivity contribution in [3.8, 4) is 0 Å². The van der Waals surface area contributed by atoms with Crippen molar-refractivity contribution in [1.82, 2.24) is 0 Å². The first-order valence-corrected chi connectivity index (χ1v) is 6.93. The van der Waals surface area contributed by atoms with E-state index in [9.17, 15) is 5.11 Å². The van der Waals surface area contributed by atoms with E-state index in [4.69, 9.17) is 0 Å². The smallest absolute Gasteiger partial charge is 0.0782 e. The van der Waals surface area contributed by atoms with Crippen molar-refractivity contribution in [3.05, 3.63) is 28.2 Å². The minimum absolute atomic E-state index is 0.433. The quantitative estimate of drug-likeness (QED) is 0.889. The fourth-order valence-electron chi connectivity index (χ4n) is 1.90. The summed E-state index contributed by atoms with van der Waals surface area (Å²) in [5.41, 5.74) is 2.09. The summed E-state index contributed by atoms with van der Waals surface area (Å²) in [7, 11) is 2.08. The van der Waals surface area contributed by atoms with Crippen LogP contribution in [0.15, 0.2) is 22.7 Å². The number of aliphatic hydroxyl groups excluding tert-OH is 1. The van der Waals surface area contributed by atoms with Crippen LogP contribution in [0.25, 0.3) is 0 Å². The molecular weight excluding hydrogens is 278 g/mol. The van der Waals surface area contributed by atoms with E-state index in [0.29, 0.717) is 5.92 Å². The number of nitrogens with zero attached hydrogens (tertiary/aromatic N) is 1. The number of benzene rings is 1. The average Bonchev–Trinajstić information content (AvgIpc) is 2.28. The Balaban J connectivity index is 2.97. The van der Waals surface area contributed by atoms with Crippen molar-refractivity contribution >= 4 is 21.6 Å². The van der Waals surface area contributed by atoms with Gasteiger partial charge in [0.25, 0.3) is 0 Å². The minimum atomic E-state index is -0.433. The lowest BCUT2D eigenvalue weighted by molar-refractivity contribution is 0.199. The van der Waals surface area contributed by atoms with E-state index in [0.717, 1.165) is 22.3 Å². The Kier molecular flexibility index (Phi) is 5.47. The molecule has 1 aromatic carbocycles. The molecule has 0 amide bonds. The van der Waals surface area contributed by atoms with Crippen LogP contribution in [0.5, 0.6) is 0 Å². The Bertz CT molecular complexity index is 365. The van der Waals surface area contributed by atoms with Gasteiger partial charge in [-0.05, 0) is 25.0 Å². The van der Waals surface area contributed by atoms with Crippen LogP contribution in [0.3, 0.4) is 0 Å². The van der Waals surface area contributed by atoms with Crippen molar-refractivity contribution < 1.29 is 5.11 Å². The van der Waals surface area contributed by atoms with Gasteiger partial charge in [0.15, 0.2) is 0 Å². The van der Waals surface area contributed by atoms with Crippen LogP contribution in [0.4, 0.5) is 5.69 Å². The summed E-state index contributed by atoms with van der Waals surface area (Å²) >= 11 is 3.49. The molecule has 0 heterocycles. The van der Waals surface area contributed by atoms with Crippen molar-refractivity contribution in [2.45, 2.75) is 33.3 Å². The van der Waals surface area contributed by atoms with E-state index in [1.165, 1.54) is 6.42 Å². The van der Waals surface area contributed by atoms with E-state index in [1.54, 1.807) is 0 Å². The zero-order chi connectivity index (χ0) is 13.0. The fourth-order valence-corrected chi connectivity index (χ4v) is 2.24. The summed E-state index contributed by atoms with van der Waals surface area (Å²) in [5.74, 6) is 0.654. The molecule has 0 saturated heterocycles. The standard InChI is InChI=1S/C14H22BrNO/c1-5-10(2)9-16(4)14-8-12(15)6-7-13(14)11(3)17/h6-8,10-11,17H,5,9H2,1-4H3. The van der Waals surface area contributed by atoms with Gasteiger partial charge < -0.3 is 10.0 Å². The first-order chi connectivity index (χ1) is 7.95. The maximum absolute atomic E-state index is 9.79. The number of aliphatic hydroxyl groups is 1. The highest BCUT2D eigenvalue weighted by molar-refractivity contribution is 9.10. The predicted molar refractivity (Wildman–Crippen MR) is 77.5 cm³/mol. The van der Waals surface area contributed by atoms with Crippen LogP contribution in [0.1, 0.15) is 38.9 Å². The summed E-state index contributed by atoms with van der Waals surface area (Å²) in [6.07, 6.45) is 0.736. The molecule has 0 bridgehead atoms. The number of hydrogen-bond acceptors (Lipinski definition) is 2. The van der Waals surface area contributed by atoms with Gasteiger partial charge in [-0.15, -0.1) is 0 Å². The zero-order valence-electron chi connectivity index (χ0n) is 11.1. The monoisotopic (exact) mass is 299 g/mol. The average molecular weight is 300 g/mol. The molecule has 0 aliphatic heterocycles. The molecule has 0 aliphatic carbocycles. The summed E-state index contributed by atoms with van der Waals surface area (Å²) in [6.45, 7) is 7.27. The third-order valence-corrected chi connectivity index (χ3v) is 3.63. The molecule has 2 unspecified atom stereocenters. The lowest BCUT2D eigenvalue weighted by atomic mass is 10.1. The van der Waals surface area contributed by atoms with Crippen LogP contribution in [0, 0.1) is 5.92 Å². The van der Waals surface area contributed by atoms with Crippen molar-refractivity contribution in [2.75, 3.05) is 18.5 Å². The van der Waals surface area contributed by atoms with Gasteiger partial charge in [0, 0.05) is 29.3 Å². The van der Waals surface area contributed by atoms with Gasteiger partial charge >= 0.3 is 0 Å². The second kappa shape index (κ2) is 6.41. The summed E-state index contributed by atoms with van der Waals surface area (Å²) in [5, 5.41) is 9.79. The fraction of sp³-hybridized carbons (Fsp3) is 0.571. The number of rotatable bonds is 5.